The van der Waals surface area contributed by atoms with E-state index in [1.807, 2.05) is 18.2 Å². The standard InChI is InChI=1S/C9H6O2.Si/c10-9-6-5-7-3-1-2-4-8(7)11-9;/h1-6H;. The highest BCUT2D eigenvalue weighted by atomic mass is 28.1. The molecule has 2 rings (SSSR count). The summed E-state index contributed by atoms with van der Waals surface area (Å²) in [5.74, 6) is 0. The minimum Gasteiger partial charge on any atom is -0.423 e. The Labute approximate surface area is 73.9 Å². The van der Waals surface area contributed by atoms with Crippen molar-refractivity contribution in [3.63, 3.8) is 0 Å². The van der Waals surface area contributed by atoms with Gasteiger partial charge in [0.15, 0.2) is 0 Å². The summed E-state index contributed by atoms with van der Waals surface area (Å²) in [6, 6.07) is 10.6. The number of rotatable bonds is 0. The van der Waals surface area contributed by atoms with E-state index in [1.165, 1.54) is 6.07 Å². The Balaban J connectivity index is 0.000000720. The number of benzene rings is 1. The summed E-state index contributed by atoms with van der Waals surface area (Å²) in [5.41, 5.74) is 0.337. The van der Waals surface area contributed by atoms with Gasteiger partial charge in [-0.05, 0) is 12.1 Å². The topological polar surface area (TPSA) is 30.2 Å². The molecule has 0 aliphatic rings. The van der Waals surface area contributed by atoms with Gasteiger partial charge in [-0.25, -0.2) is 4.79 Å². The second-order valence-electron chi connectivity index (χ2n) is 2.29. The SMILES string of the molecule is O=c1ccc2ccccc2o1.[Si]. The van der Waals surface area contributed by atoms with Gasteiger partial charge in [-0.15, -0.1) is 0 Å². The minimum absolute atomic E-state index is 0. The number of para-hydroxylation sites is 1. The van der Waals surface area contributed by atoms with Crippen molar-refractivity contribution in [3.8, 4) is 0 Å². The van der Waals surface area contributed by atoms with Crippen molar-refractivity contribution in [1.29, 1.82) is 0 Å². The molecule has 0 N–H and O–H groups in total. The maximum Gasteiger partial charge on any atom is 0.336 e. The zero-order chi connectivity index (χ0) is 7.68. The fourth-order valence-electron chi connectivity index (χ4n) is 1.01. The van der Waals surface area contributed by atoms with Crippen molar-refractivity contribution in [2.75, 3.05) is 0 Å². The van der Waals surface area contributed by atoms with E-state index in [0.717, 1.165) is 5.39 Å². The second kappa shape index (κ2) is 3.36. The third kappa shape index (κ3) is 1.45. The van der Waals surface area contributed by atoms with Gasteiger partial charge in [0.2, 0.25) is 0 Å². The summed E-state index contributed by atoms with van der Waals surface area (Å²) in [7, 11) is 0. The van der Waals surface area contributed by atoms with E-state index in [1.54, 1.807) is 12.1 Å². The third-order valence-electron chi connectivity index (χ3n) is 1.53. The van der Waals surface area contributed by atoms with Crippen LogP contribution in [0.5, 0.6) is 0 Å². The highest BCUT2D eigenvalue weighted by Gasteiger charge is 1.92. The quantitative estimate of drug-likeness (QED) is 0.446. The molecule has 0 saturated heterocycles. The van der Waals surface area contributed by atoms with E-state index in [0.29, 0.717) is 5.58 Å². The van der Waals surface area contributed by atoms with Crippen molar-refractivity contribution >= 4 is 21.9 Å². The Hall–Kier alpha value is -1.35. The molecule has 1 heterocycles. The summed E-state index contributed by atoms with van der Waals surface area (Å²) in [4.78, 5) is 10.7. The molecule has 12 heavy (non-hydrogen) atoms. The van der Waals surface area contributed by atoms with E-state index in [9.17, 15) is 4.79 Å². The molecule has 58 valence electrons. The molecular weight excluding hydrogens is 168 g/mol. The van der Waals surface area contributed by atoms with E-state index >= 15 is 0 Å². The van der Waals surface area contributed by atoms with Crippen molar-refractivity contribution in [2.45, 2.75) is 0 Å². The van der Waals surface area contributed by atoms with Crippen LogP contribution in [-0.4, -0.2) is 11.0 Å². The van der Waals surface area contributed by atoms with Crippen LogP contribution >= 0.6 is 0 Å². The van der Waals surface area contributed by atoms with Gasteiger partial charge in [0, 0.05) is 22.4 Å². The fourth-order valence-corrected chi connectivity index (χ4v) is 1.01. The third-order valence-corrected chi connectivity index (χ3v) is 1.53. The average Bonchev–Trinajstić information content (AvgIpc) is 2.04. The maximum absolute atomic E-state index is 10.7. The average molecular weight is 174 g/mol. The molecular formula is C9H6O2Si. The molecule has 0 amide bonds. The van der Waals surface area contributed by atoms with E-state index < -0.39 is 0 Å². The molecule has 0 fully saturated rings. The lowest BCUT2D eigenvalue weighted by atomic mass is 10.2. The van der Waals surface area contributed by atoms with Gasteiger partial charge in [-0.2, -0.15) is 0 Å². The zero-order valence-corrected chi connectivity index (χ0v) is 7.28. The van der Waals surface area contributed by atoms with Crippen LogP contribution in [-0.2, 0) is 0 Å². The molecule has 0 unspecified atom stereocenters. The Bertz CT molecular complexity index is 433. The molecule has 0 bridgehead atoms. The molecule has 0 saturated carbocycles. The molecule has 0 aliphatic carbocycles. The van der Waals surface area contributed by atoms with Crippen molar-refractivity contribution in [3.05, 3.63) is 46.8 Å². The largest absolute Gasteiger partial charge is 0.423 e. The van der Waals surface area contributed by atoms with Crippen LogP contribution < -0.4 is 5.63 Å². The molecule has 0 aliphatic heterocycles. The van der Waals surface area contributed by atoms with E-state index in [4.69, 9.17) is 4.42 Å². The number of fused-ring (bicyclic) bond motifs is 1. The summed E-state index contributed by atoms with van der Waals surface area (Å²) >= 11 is 0. The normalized spacial score (nSPS) is 9.33. The lowest BCUT2D eigenvalue weighted by Gasteiger charge is -1.91. The van der Waals surface area contributed by atoms with Crippen LogP contribution in [0.2, 0.25) is 0 Å². The van der Waals surface area contributed by atoms with Crippen LogP contribution in [0.4, 0.5) is 0 Å². The summed E-state index contributed by atoms with van der Waals surface area (Å²) in [6.07, 6.45) is 0. The first-order valence-corrected chi connectivity index (χ1v) is 3.35. The Morgan fingerprint density at radius 1 is 1.00 bits per heavy atom. The highest BCUT2D eigenvalue weighted by Crippen LogP contribution is 2.08. The van der Waals surface area contributed by atoms with Crippen LogP contribution in [0.15, 0.2) is 45.6 Å². The second-order valence-corrected chi connectivity index (χ2v) is 2.29. The molecule has 0 spiro atoms. The molecule has 1 aromatic carbocycles. The van der Waals surface area contributed by atoms with Crippen LogP contribution in [0.25, 0.3) is 11.0 Å². The monoisotopic (exact) mass is 174 g/mol. The van der Waals surface area contributed by atoms with Crippen molar-refractivity contribution in [1.82, 2.24) is 0 Å². The minimum atomic E-state index is -0.302. The summed E-state index contributed by atoms with van der Waals surface area (Å²) < 4.78 is 4.91. The lowest BCUT2D eigenvalue weighted by Crippen LogP contribution is -1.93. The maximum atomic E-state index is 10.7. The highest BCUT2D eigenvalue weighted by molar-refractivity contribution is 5.76. The fraction of sp³-hybridized carbons (Fsp3) is 0. The molecule has 3 heteroatoms. The van der Waals surface area contributed by atoms with Crippen molar-refractivity contribution in [2.24, 2.45) is 0 Å². The summed E-state index contributed by atoms with van der Waals surface area (Å²) in [5, 5.41) is 0.951. The Kier molecular flexibility index (Phi) is 2.45. The van der Waals surface area contributed by atoms with Crippen LogP contribution in [0.3, 0.4) is 0 Å². The first-order chi connectivity index (χ1) is 5.36. The molecule has 2 nitrogen and oxygen atoms in total. The van der Waals surface area contributed by atoms with Gasteiger partial charge >= 0.3 is 5.63 Å². The van der Waals surface area contributed by atoms with Gasteiger partial charge in [0.05, 0.1) is 0 Å². The predicted octanol–water partition coefficient (Wildman–Crippen LogP) is 1.41. The molecule has 2 aromatic rings. The van der Waals surface area contributed by atoms with Gasteiger partial charge in [0.25, 0.3) is 0 Å². The lowest BCUT2D eigenvalue weighted by molar-refractivity contribution is 0.561. The van der Waals surface area contributed by atoms with Gasteiger partial charge < -0.3 is 4.42 Å². The van der Waals surface area contributed by atoms with Gasteiger partial charge in [-0.3, -0.25) is 0 Å². The zero-order valence-electron chi connectivity index (χ0n) is 6.28. The first kappa shape index (κ1) is 8.74. The Morgan fingerprint density at radius 2 is 1.75 bits per heavy atom. The first-order valence-electron chi connectivity index (χ1n) is 3.35. The molecule has 0 atom stereocenters. The van der Waals surface area contributed by atoms with Gasteiger partial charge in [-0.1, -0.05) is 18.2 Å². The van der Waals surface area contributed by atoms with E-state index in [-0.39, 0.29) is 16.6 Å². The van der Waals surface area contributed by atoms with Gasteiger partial charge in [0.1, 0.15) is 5.58 Å². The molecule has 1 aromatic heterocycles. The number of hydrogen-bond acceptors (Lipinski definition) is 2. The predicted molar refractivity (Wildman–Crippen MR) is 48.2 cm³/mol. The van der Waals surface area contributed by atoms with Crippen molar-refractivity contribution < 1.29 is 4.42 Å². The molecule has 4 radical (unpaired) electrons. The van der Waals surface area contributed by atoms with Crippen LogP contribution in [0, 0.1) is 0 Å². The van der Waals surface area contributed by atoms with E-state index in [2.05, 4.69) is 0 Å². The van der Waals surface area contributed by atoms with Crippen LogP contribution in [0.1, 0.15) is 0 Å². The smallest absolute Gasteiger partial charge is 0.336 e. The Morgan fingerprint density at radius 3 is 2.58 bits per heavy atom. The number of hydrogen-bond donors (Lipinski definition) is 0. The summed E-state index contributed by atoms with van der Waals surface area (Å²) in [6.45, 7) is 0.